The van der Waals surface area contributed by atoms with E-state index in [9.17, 15) is 0 Å². The summed E-state index contributed by atoms with van der Waals surface area (Å²) in [5.41, 5.74) is 0. The first-order valence-electron chi connectivity index (χ1n) is 7.74. The molecule has 19 heavy (non-hydrogen) atoms. The van der Waals surface area contributed by atoms with Crippen LogP contribution in [-0.4, -0.2) is 74.4 Å². The molecule has 0 atom stereocenters. The van der Waals surface area contributed by atoms with Gasteiger partial charge in [-0.15, -0.1) is 0 Å². The smallest absolute Gasteiger partial charge is 0.0610 e. The van der Waals surface area contributed by atoms with Crippen LogP contribution in [0, 0.1) is 0 Å². The molecule has 1 heterocycles. The van der Waals surface area contributed by atoms with Gasteiger partial charge in [0.1, 0.15) is 0 Å². The molecule has 1 aliphatic rings. The fraction of sp³-hybridized carbons (Fsp3) is 1.00. The quantitative estimate of drug-likeness (QED) is 0.739. The molecule has 0 aromatic heterocycles. The Morgan fingerprint density at radius 3 is 2.05 bits per heavy atom. The van der Waals surface area contributed by atoms with Crippen LogP contribution in [0.4, 0.5) is 0 Å². The Morgan fingerprint density at radius 1 is 1.11 bits per heavy atom. The van der Waals surface area contributed by atoms with E-state index >= 15 is 0 Å². The normalized spacial score (nSPS) is 18.0. The van der Waals surface area contributed by atoms with E-state index in [-0.39, 0.29) is 0 Å². The summed E-state index contributed by atoms with van der Waals surface area (Å²) < 4.78 is 5.59. The molecule has 0 saturated carbocycles. The number of nitrogens with zero attached hydrogens (tertiary/aromatic N) is 3. The lowest BCUT2D eigenvalue weighted by Crippen LogP contribution is -2.49. The molecule has 0 spiro atoms. The number of rotatable bonds is 6. The van der Waals surface area contributed by atoms with Crippen LogP contribution in [0.1, 0.15) is 40.5 Å². The van der Waals surface area contributed by atoms with Crippen molar-refractivity contribution in [2.24, 2.45) is 0 Å². The highest BCUT2D eigenvalue weighted by Gasteiger charge is 2.22. The summed E-state index contributed by atoms with van der Waals surface area (Å²) in [5, 5.41) is 4.76. The third-order valence-corrected chi connectivity index (χ3v) is 3.52. The van der Waals surface area contributed by atoms with Crippen LogP contribution >= 0.6 is 0 Å². The second-order valence-electron chi connectivity index (χ2n) is 5.45. The Labute approximate surface area is 120 Å². The standard InChI is InChI=1S/C13H29N3O.C2H6/c1-12(2)17-11-10-15(5)16-8-6-13(7-9-16)14(3)4;1-2/h12-13H,6-11H2,1-5H3;1-2H3. The maximum atomic E-state index is 5.59. The molecule has 4 nitrogen and oxygen atoms in total. The molecule has 116 valence electrons. The minimum Gasteiger partial charge on any atom is -0.377 e. The van der Waals surface area contributed by atoms with Gasteiger partial charge < -0.3 is 9.64 Å². The van der Waals surface area contributed by atoms with Gasteiger partial charge in [0, 0.05) is 32.7 Å². The van der Waals surface area contributed by atoms with Crippen molar-refractivity contribution in [1.82, 2.24) is 14.9 Å². The van der Waals surface area contributed by atoms with Crippen molar-refractivity contribution in [3.63, 3.8) is 0 Å². The Balaban J connectivity index is 0.00000154. The van der Waals surface area contributed by atoms with Crippen molar-refractivity contribution < 1.29 is 4.74 Å². The van der Waals surface area contributed by atoms with E-state index < -0.39 is 0 Å². The number of hydrogen-bond donors (Lipinski definition) is 0. The SMILES string of the molecule is CC.CC(C)OCCN(C)N1CCC(N(C)C)CC1. The lowest BCUT2D eigenvalue weighted by Gasteiger charge is -2.39. The summed E-state index contributed by atoms with van der Waals surface area (Å²) in [6.45, 7) is 12.3. The fourth-order valence-corrected chi connectivity index (χ4v) is 2.27. The highest BCUT2D eigenvalue weighted by Crippen LogP contribution is 2.15. The lowest BCUT2D eigenvalue weighted by molar-refractivity contribution is -0.0530. The molecule has 0 bridgehead atoms. The number of ether oxygens (including phenoxy) is 1. The van der Waals surface area contributed by atoms with Gasteiger partial charge in [0.25, 0.3) is 0 Å². The van der Waals surface area contributed by atoms with Crippen molar-refractivity contribution >= 4 is 0 Å². The van der Waals surface area contributed by atoms with Gasteiger partial charge in [-0.3, -0.25) is 0 Å². The van der Waals surface area contributed by atoms with E-state index in [1.54, 1.807) is 0 Å². The molecule has 0 aliphatic carbocycles. The predicted molar refractivity (Wildman–Crippen MR) is 83.3 cm³/mol. The van der Waals surface area contributed by atoms with E-state index in [4.69, 9.17) is 4.74 Å². The topological polar surface area (TPSA) is 19.0 Å². The van der Waals surface area contributed by atoms with Crippen molar-refractivity contribution in [2.75, 3.05) is 47.4 Å². The van der Waals surface area contributed by atoms with Crippen LogP contribution in [0.15, 0.2) is 0 Å². The maximum absolute atomic E-state index is 5.59. The van der Waals surface area contributed by atoms with Crippen LogP contribution in [0.2, 0.25) is 0 Å². The molecule has 0 aromatic carbocycles. The molecule has 0 aromatic rings. The average molecular weight is 273 g/mol. The van der Waals surface area contributed by atoms with Gasteiger partial charge in [-0.05, 0) is 40.8 Å². The Kier molecular flexibility index (Phi) is 10.5. The van der Waals surface area contributed by atoms with E-state index in [2.05, 4.69) is 49.9 Å². The van der Waals surface area contributed by atoms with Crippen molar-refractivity contribution in [2.45, 2.75) is 52.7 Å². The van der Waals surface area contributed by atoms with E-state index in [0.29, 0.717) is 6.10 Å². The van der Waals surface area contributed by atoms with E-state index in [1.807, 2.05) is 13.8 Å². The molecule has 0 unspecified atom stereocenters. The van der Waals surface area contributed by atoms with Gasteiger partial charge in [-0.1, -0.05) is 13.8 Å². The van der Waals surface area contributed by atoms with Crippen molar-refractivity contribution in [3.05, 3.63) is 0 Å². The lowest BCUT2D eigenvalue weighted by atomic mass is 10.1. The summed E-state index contributed by atoms with van der Waals surface area (Å²) >= 11 is 0. The summed E-state index contributed by atoms with van der Waals surface area (Å²) in [7, 11) is 6.53. The molecule has 0 radical (unpaired) electrons. The summed E-state index contributed by atoms with van der Waals surface area (Å²) in [6, 6.07) is 0.756. The van der Waals surface area contributed by atoms with Gasteiger partial charge in [-0.25, -0.2) is 10.0 Å². The van der Waals surface area contributed by atoms with Gasteiger partial charge in [0.2, 0.25) is 0 Å². The zero-order chi connectivity index (χ0) is 14.8. The molecular weight excluding hydrogens is 238 g/mol. The van der Waals surface area contributed by atoms with E-state index in [0.717, 1.165) is 19.2 Å². The Morgan fingerprint density at radius 2 is 1.63 bits per heavy atom. The third-order valence-electron chi connectivity index (χ3n) is 3.52. The summed E-state index contributed by atoms with van der Waals surface area (Å²) in [6.07, 6.45) is 2.87. The number of hydrogen-bond acceptors (Lipinski definition) is 4. The number of hydrazine groups is 1. The largest absolute Gasteiger partial charge is 0.377 e. The van der Waals surface area contributed by atoms with Crippen LogP contribution in [0.5, 0.6) is 0 Å². The van der Waals surface area contributed by atoms with Gasteiger partial charge >= 0.3 is 0 Å². The Bertz CT molecular complexity index is 202. The fourth-order valence-electron chi connectivity index (χ4n) is 2.27. The van der Waals surface area contributed by atoms with Gasteiger partial charge in [0.15, 0.2) is 0 Å². The van der Waals surface area contributed by atoms with Crippen LogP contribution in [-0.2, 0) is 4.74 Å². The van der Waals surface area contributed by atoms with Crippen LogP contribution in [0.3, 0.4) is 0 Å². The average Bonchev–Trinajstić information content (AvgIpc) is 2.40. The molecule has 0 amide bonds. The summed E-state index contributed by atoms with van der Waals surface area (Å²) in [5.74, 6) is 0. The molecule has 0 N–H and O–H groups in total. The van der Waals surface area contributed by atoms with E-state index in [1.165, 1.54) is 25.9 Å². The molecular formula is C15H35N3O. The number of likely N-dealkylation sites (N-methyl/N-ethyl adjacent to an activating group) is 1. The zero-order valence-electron chi connectivity index (χ0n) is 14.1. The highest BCUT2D eigenvalue weighted by atomic mass is 16.5. The highest BCUT2D eigenvalue weighted by molar-refractivity contribution is 4.75. The monoisotopic (exact) mass is 273 g/mol. The molecule has 4 heteroatoms. The first kappa shape index (κ1) is 18.8. The second kappa shape index (κ2) is 10.6. The van der Waals surface area contributed by atoms with Crippen molar-refractivity contribution in [3.8, 4) is 0 Å². The molecule has 1 aliphatic heterocycles. The summed E-state index contributed by atoms with van der Waals surface area (Å²) in [4.78, 5) is 2.35. The minimum absolute atomic E-state index is 0.336. The molecule has 1 saturated heterocycles. The zero-order valence-corrected chi connectivity index (χ0v) is 14.1. The van der Waals surface area contributed by atoms with Crippen molar-refractivity contribution in [1.29, 1.82) is 0 Å². The third kappa shape index (κ3) is 7.88. The van der Waals surface area contributed by atoms with Gasteiger partial charge in [0.05, 0.1) is 12.7 Å². The maximum Gasteiger partial charge on any atom is 0.0610 e. The Hall–Kier alpha value is -0.160. The minimum atomic E-state index is 0.336. The first-order chi connectivity index (χ1) is 9.00. The van der Waals surface area contributed by atoms with Crippen LogP contribution < -0.4 is 0 Å². The molecule has 1 rings (SSSR count). The van der Waals surface area contributed by atoms with Gasteiger partial charge in [-0.2, -0.15) is 0 Å². The molecule has 1 fully saturated rings. The van der Waals surface area contributed by atoms with Crippen LogP contribution in [0.25, 0.3) is 0 Å². The number of piperidine rings is 1. The predicted octanol–water partition coefficient (Wildman–Crippen LogP) is 2.31. The second-order valence-corrected chi connectivity index (χ2v) is 5.45. The first-order valence-corrected chi connectivity index (χ1v) is 7.74.